The van der Waals surface area contributed by atoms with Crippen LogP contribution in [0.5, 0.6) is 0 Å². The Bertz CT molecular complexity index is 1300. The minimum atomic E-state index is -1.64. The van der Waals surface area contributed by atoms with Crippen LogP contribution >= 0.6 is 0 Å². The Morgan fingerprint density at radius 3 is 1.92 bits per heavy atom. The summed E-state index contributed by atoms with van der Waals surface area (Å²) >= 11 is 0. The first-order valence-electron chi connectivity index (χ1n) is 15.0. The smallest absolute Gasteiger partial charge is 0.325 e. The molecule has 21 heteroatoms. The Kier molecular flexibility index (Phi) is 16.9. The number of esters is 3. The van der Waals surface area contributed by atoms with Gasteiger partial charge in [0.1, 0.15) is 36.9 Å². The Balaban J connectivity index is 3.25. The lowest BCUT2D eigenvalue weighted by Gasteiger charge is -2.44. The number of amides is 4. The number of hydrogen-bond acceptors (Lipinski definition) is 14. The van der Waals surface area contributed by atoms with Crippen LogP contribution in [0.1, 0.15) is 55.4 Å². The minimum Gasteiger partial charge on any atom is -0.480 e. The third-order valence-corrected chi connectivity index (χ3v) is 6.73. The summed E-state index contributed by atoms with van der Waals surface area (Å²) in [5, 5.41) is 22.0. The van der Waals surface area contributed by atoms with E-state index in [1.807, 2.05) is 0 Å². The molecule has 0 aromatic carbocycles. The fourth-order valence-electron chi connectivity index (χ4n) is 4.49. The third kappa shape index (κ3) is 13.9. The predicted molar refractivity (Wildman–Crippen MR) is 163 cm³/mol. The van der Waals surface area contributed by atoms with Crippen LogP contribution in [-0.2, 0) is 62.0 Å². The van der Waals surface area contributed by atoms with Crippen LogP contribution in [0.2, 0.25) is 0 Å². The molecule has 0 aliphatic carbocycles. The second-order valence-electron chi connectivity index (χ2n) is 11.3. The van der Waals surface area contributed by atoms with E-state index in [9.17, 15) is 43.9 Å². The zero-order chi connectivity index (χ0) is 37.6. The normalized spacial score (nSPS) is 22.4. The van der Waals surface area contributed by atoms with Crippen LogP contribution in [0, 0.1) is 5.92 Å². The minimum absolute atomic E-state index is 0.471. The molecule has 1 fully saturated rings. The first-order valence-corrected chi connectivity index (χ1v) is 15.0. The summed E-state index contributed by atoms with van der Waals surface area (Å²) < 4.78 is 27.4. The van der Waals surface area contributed by atoms with Gasteiger partial charge in [-0.2, -0.15) is 0 Å². The highest BCUT2D eigenvalue weighted by Crippen LogP contribution is 2.31. The lowest BCUT2D eigenvalue weighted by atomic mass is 9.96. The molecule has 0 bridgehead atoms. The number of aliphatic carboxylic acids is 1. The first kappa shape index (κ1) is 42.0. The second kappa shape index (κ2) is 19.7. The highest BCUT2D eigenvalue weighted by Gasteiger charge is 2.51. The summed E-state index contributed by atoms with van der Waals surface area (Å²) in [4.78, 5) is 99.8. The molecule has 0 unspecified atom stereocenters. The topological polar surface area (TPSA) is 300 Å². The Hall–Kier alpha value is -5.01. The van der Waals surface area contributed by atoms with Crippen LogP contribution in [0.4, 0.5) is 0 Å². The molecule has 0 aromatic rings. The molecule has 1 aliphatic rings. The van der Waals surface area contributed by atoms with E-state index in [1.165, 1.54) is 13.8 Å². The number of hydrogen-bond donors (Lipinski definition) is 5. The number of ether oxygens (including phenoxy) is 5. The van der Waals surface area contributed by atoms with Crippen molar-refractivity contribution >= 4 is 47.5 Å². The Labute approximate surface area is 281 Å². The average molecular weight is 702 g/mol. The largest absolute Gasteiger partial charge is 0.480 e. The first-order chi connectivity index (χ1) is 22.8. The van der Waals surface area contributed by atoms with Gasteiger partial charge in [-0.1, -0.05) is 19.0 Å². The van der Waals surface area contributed by atoms with Gasteiger partial charge in [-0.3, -0.25) is 38.4 Å². The molecule has 0 saturated carbocycles. The molecule has 1 aliphatic heterocycles. The lowest BCUT2D eigenvalue weighted by Crippen LogP contribution is -2.63. The van der Waals surface area contributed by atoms with Gasteiger partial charge in [0.15, 0.2) is 18.5 Å². The molecule has 4 amide bonds. The maximum atomic E-state index is 13.2. The van der Waals surface area contributed by atoms with Gasteiger partial charge in [-0.05, 0) is 25.3 Å². The van der Waals surface area contributed by atoms with Gasteiger partial charge in [0, 0.05) is 32.6 Å². The fraction of sp³-hybridized carbons (Fsp3) is 0.714. The summed E-state index contributed by atoms with van der Waals surface area (Å²) in [5.74, 6) is -7.43. The number of nitrogens with one attached hydrogen (secondary N) is 4. The van der Waals surface area contributed by atoms with Gasteiger partial charge in [-0.25, -0.2) is 0 Å². The van der Waals surface area contributed by atoms with E-state index in [0.29, 0.717) is 0 Å². The third-order valence-electron chi connectivity index (χ3n) is 6.73. The zero-order valence-electron chi connectivity index (χ0n) is 28.3. The molecule has 1 rings (SSSR count). The number of carbonyl (C=O) groups is 8. The summed E-state index contributed by atoms with van der Waals surface area (Å²) in [6.07, 6.45) is -7.26. The van der Waals surface area contributed by atoms with E-state index in [2.05, 4.69) is 31.3 Å². The maximum absolute atomic E-state index is 13.2. The van der Waals surface area contributed by atoms with Crippen molar-refractivity contribution in [2.45, 2.75) is 110 Å². The number of nitrogens with zero attached hydrogens (tertiary/aromatic N) is 3. The van der Waals surface area contributed by atoms with Crippen LogP contribution in [0.15, 0.2) is 5.11 Å². The van der Waals surface area contributed by atoms with Crippen LogP contribution < -0.4 is 21.3 Å². The van der Waals surface area contributed by atoms with Crippen molar-refractivity contribution in [1.82, 2.24) is 21.3 Å². The van der Waals surface area contributed by atoms with E-state index in [4.69, 9.17) is 28.8 Å². The molecule has 49 heavy (non-hydrogen) atoms. The van der Waals surface area contributed by atoms with Crippen molar-refractivity contribution in [3.05, 3.63) is 10.4 Å². The van der Waals surface area contributed by atoms with Gasteiger partial charge in [0.2, 0.25) is 23.6 Å². The van der Waals surface area contributed by atoms with Crippen LogP contribution in [0.25, 0.3) is 10.4 Å². The summed E-state index contributed by atoms with van der Waals surface area (Å²) in [6.45, 7) is 8.84. The molecule has 274 valence electrons. The van der Waals surface area contributed by atoms with Crippen LogP contribution in [0.3, 0.4) is 0 Å². The van der Waals surface area contributed by atoms with Gasteiger partial charge >= 0.3 is 23.9 Å². The fourth-order valence-corrected chi connectivity index (χ4v) is 4.49. The highest BCUT2D eigenvalue weighted by atomic mass is 16.7. The number of azide groups is 1. The van der Waals surface area contributed by atoms with E-state index in [1.54, 1.807) is 13.8 Å². The van der Waals surface area contributed by atoms with E-state index in [0.717, 1.165) is 27.7 Å². The van der Waals surface area contributed by atoms with E-state index in [-0.39, 0.29) is 0 Å². The quantitative estimate of drug-likeness (QED) is 0.0382. The van der Waals surface area contributed by atoms with Crippen molar-refractivity contribution in [2.24, 2.45) is 11.0 Å². The molecular weight excluding hydrogens is 658 g/mol. The highest BCUT2D eigenvalue weighted by molar-refractivity contribution is 5.93. The second-order valence-corrected chi connectivity index (χ2v) is 11.3. The van der Waals surface area contributed by atoms with Crippen LogP contribution in [-0.4, -0.2) is 121 Å². The van der Waals surface area contributed by atoms with Gasteiger partial charge in [0.05, 0.1) is 12.6 Å². The van der Waals surface area contributed by atoms with Gasteiger partial charge in [0.25, 0.3) is 0 Å². The Morgan fingerprint density at radius 2 is 1.43 bits per heavy atom. The molecule has 0 spiro atoms. The monoisotopic (exact) mass is 701 g/mol. The standard InChI is InChI=1S/C28H43N7O14/c1-11(2)20(26(42)31-12(3)27(43)44)33-19(40)9-30-25(41)21(32-14(5)36)13(4)46-28-22(34-35-29)24(48-17(8)39)23(47-16(7)38)18(49-28)10-45-15(6)37/h11-13,18,20-24,28H,9-10H2,1-8H3,(H,30,41)(H,31,42)(H,32,36)(H,33,40)(H,43,44)/t12-,13+,18+,20-,21-,22+,23-,24+,28-/m0/s1. The van der Waals surface area contributed by atoms with Crippen molar-refractivity contribution in [1.29, 1.82) is 0 Å². The van der Waals surface area contributed by atoms with Gasteiger partial charge in [-0.15, -0.1) is 0 Å². The molecule has 0 radical (unpaired) electrons. The number of carboxylic acids is 1. The summed E-state index contributed by atoms with van der Waals surface area (Å²) in [6, 6.07) is -5.44. The van der Waals surface area contributed by atoms with Crippen molar-refractivity contribution in [3.63, 3.8) is 0 Å². The lowest BCUT2D eigenvalue weighted by molar-refractivity contribution is -0.283. The Morgan fingerprint density at radius 1 is 0.837 bits per heavy atom. The maximum Gasteiger partial charge on any atom is 0.325 e. The van der Waals surface area contributed by atoms with Crippen molar-refractivity contribution in [3.8, 4) is 0 Å². The average Bonchev–Trinajstić information content (AvgIpc) is 2.98. The summed E-state index contributed by atoms with van der Waals surface area (Å²) in [5.41, 5.74) is 9.29. The molecule has 0 aromatic heterocycles. The predicted octanol–water partition coefficient (Wildman–Crippen LogP) is -1.43. The number of carboxylic acid groups (broad SMARTS) is 1. The number of rotatable bonds is 17. The van der Waals surface area contributed by atoms with Crippen molar-refractivity contribution < 1.29 is 67.1 Å². The van der Waals surface area contributed by atoms with E-state index < -0.39 is 121 Å². The molecule has 1 saturated heterocycles. The van der Waals surface area contributed by atoms with Crippen molar-refractivity contribution in [2.75, 3.05) is 13.2 Å². The van der Waals surface area contributed by atoms with Gasteiger partial charge < -0.3 is 50.1 Å². The zero-order valence-corrected chi connectivity index (χ0v) is 28.3. The molecular formula is C28H43N7O14. The molecule has 1 heterocycles. The number of carbonyl (C=O) groups excluding carboxylic acids is 7. The SMILES string of the molecule is CC(=O)N[C@H](C(=O)NCC(=O)N[C@H](C(=O)N[C@@H](C)C(=O)O)C(C)C)[C@@H](C)O[C@H]1O[C@H](COC(C)=O)[C@H](OC(C)=O)[C@H](OC(C)=O)[C@H]1N=[N+]=[N-]. The molecule has 21 nitrogen and oxygen atoms in total. The van der Waals surface area contributed by atoms with E-state index >= 15 is 0 Å². The molecule has 5 N–H and O–H groups in total. The molecule has 9 atom stereocenters. The summed E-state index contributed by atoms with van der Waals surface area (Å²) in [7, 11) is 0.